The molecule has 1 aromatic carbocycles. The monoisotopic (exact) mass is 313 g/mol. The molecule has 1 aromatic rings. The van der Waals surface area contributed by atoms with Crippen LogP contribution in [0.4, 0.5) is 5.69 Å². The highest BCUT2D eigenvalue weighted by Gasteiger charge is 2.33. The fourth-order valence-electron chi connectivity index (χ4n) is 2.23. The standard InChI is InChI=1S/C15H23N3O2.ClH/c1-4-15(5-2,9-16)14(20)18-11-6-7-12(13(17)19)10(3)8-11;/h6-8H,4-5,9,16H2,1-3H3,(H2,17,19)(H,18,20);1H. The van der Waals surface area contributed by atoms with Crippen LogP contribution in [-0.2, 0) is 4.79 Å². The minimum Gasteiger partial charge on any atom is -0.366 e. The predicted octanol–water partition coefficient (Wildman–Crippen LogP) is 2.22. The van der Waals surface area contributed by atoms with Crippen molar-refractivity contribution in [1.29, 1.82) is 0 Å². The lowest BCUT2D eigenvalue weighted by molar-refractivity contribution is -0.125. The molecule has 0 saturated carbocycles. The van der Waals surface area contributed by atoms with E-state index in [4.69, 9.17) is 11.5 Å². The van der Waals surface area contributed by atoms with Gasteiger partial charge in [0.25, 0.3) is 0 Å². The Hall–Kier alpha value is -1.59. The summed E-state index contributed by atoms with van der Waals surface area (Å²) in [6.07, 6.45) is 1.37. The largest absolute Gasteiger partial charge is 0.366 e. The third kappa shape index (κ3) is 4.19. The molecule has 2 amide bonds. The molecule has 0 aliphatic rings. The van der Waals surface area contributed by atoms with Crippen molar-refractivity contribution in [1.82, 2.24) is 0 Å². The number of benzene rings is 1. The zero-order chi connectivity index (χ0) is 15.3. The molecule has 0 saturated heterocycles. The van der Waals surface area contributed by atoms with Crippen molar-refractivity contribution in [3.63, 3.8) is 0 Å². The Morgan fingerprint density at radius 3 is 2.19 bits per heavy atom. The van der Waals surface area contributed by atoms with Gasteiger partial charge >= 0.3 is 0 Å². The third-order valence-electron chi connectivity index (χ3n) is 3.98. The molecule has 5 nitrogen and oxygen atoms in total. The van der Waals surface area contributed by atoms with Crippen LogP contribution >= 0.6 is 12.4 Å². The van der Waals surface area contributed by atoms with E-state index in [9.17, 15) is 9.59 Å². The van der Waals surface area contributed by atoms with Gasteiger partial charge in [0.2, 0.25) is 11.8 Å². The number of aryl methyl sites for hydroxylation is 1. The van der Waals surface area contributed by atoms with Crippen molar-refractivity contribution in [2.75, 3.05) is 11.9 Å². The van der Waals surface area contributed by atoms with Crippen molar-refractivity contribution in [2.45, 2.75) is 33.6 Å². The molecule has 0 aliphatic carbocycles. The Kier molecular flexibility index (Phi) is 7.39. The van der Waals surface area contributed by atoms with E-state index in [1.54, 1.807) is 25.1 Å². The fourth-order valence-corrected chi connectivity index (χ4v) is 2.23. The van der Waals surface area contributed by atoms with Gasteiger partial charge < -0.3 is 16.8 Å². The van der Waals surface area contributed by atoms with Gasteiger partial charge in [-0.1, -0.05) is 13.8 Å². The van der Waals surface area contributed by atoms with Crippen molar-refractivity contribution in [3.05, 3.63) is 29.3 Å². The SMILES string of the molecule is CCC(CC)(CN)C(=O)Nc1ccc(C(N)=O)c(C)c1.Cl. The second-order valence-electron chi connectivity index (χ2n) is 5.04. The Balaban J connectivity index is 0.00000400. The topological polar surface area (TPSA) is 98.2 Å². The number of rotatable bonds is 6. The van der Waals surface area contributed by atoms with Crippen molar-refractivity contribution in [2.24, 2.45) is 16.9 Å². The number of hydrogen-bond acceptors (Lipinski definition) is 3. The number of nitrogens with one attached hydrogen (secondary N) is 1. The molecule has 0 atom stereocenters. The summed E-state index contributed by atoms with van der Waals surface area (Å²) in [6.45, 7) is 6.00. The zero-order valence-corrected chi connectivity index (χ0v) is 13.5. The third-order valence-corrected chi connectivity index (χ3v) is 3.98. The van der Waals surface area contributed by atoms with Crippen molar-refractivity contribution >= 4 is 29.9 Å². The summed E-state index contributed by atoms with van der Waals surface area (Å²) >= 11 is 0. The molecule has 5 N–H and O–H groups in total. The first-order chi connectivity index (χ1) is 9.40. The molecule has 0 fully saturated rings. The lowest BCUT2D eigenvalue weighted by Crippen LogP contribution is -2.41. The number of hydrogen-bond donors (Lipinski definition) is 3. The number of amides is 2. The van der Waals surface area contributed by atoms with Crippen LogP contribution in [-0.4, -0.2) is 18.4 Å². The molecule has 118 valence electrons. The Labute approximate surface area is 131 Å². The van der Waals surface area contributed by atoms with Crippen LogP contribution in [0.15, 0.2) is 18.2 Å². The summed E-state index contributed by atoms with van der Waals surface area (Å²) in [5.41, 5.74) is 12.3. The first-order valence-corrected chi connectivity index (χ1v) is 6.82. The number of halogens is 1. The first-order valence-electron chi connectivity index (χ1n) is 6.82. The van der Waals surface area contributed by atoms with Gasteiger partial charge in [-0.05, 0) is 43.5 Å². The zero-order valence-electron chi connectivity index (χ0n) is 12.7. The van der Waals surface area contributed by atoms with Gasteiger partial charge in [-0.2, -0.15) is 0 Å². The molecule has 0 unspecified atom stereocenters. The van der Waals surface area contributed by atoms with Crippen LogP contribution in [0, 0.1) is 12.3 Å². The van der Waals surface area contributed by atoms with Crippen LogP contribution < -0.4 is 16.8 Å². The lowest BCUT2D eigenvalue weighted by Gasteiger charge is -2.28. The van der Waals surface area contributed by atoms with E-state index in [1.165, 1.54) is 0 Å². The van der Waals surface area contributed by atoms with E-state index in [1.807, 2.05) is 13.8 Å². The Bertz CT molecular complexity index is 505. The molecule has 0 bridgehead atoms. The molecule has 0 aliphatic heterocycles. The van der Waals surface area contributed by atoms with Gasteiger partial charge in [0, 0.05) is 17.8 Å². The highest BCUT2D eigenvalue weighted by atomic mass is 35.5. The summed E-state index contributed by atoms with van der Waals surface area (Å²) in [6, 6.07) is 5.04. The molecule has 0 heterocycles. The van der Waals surface area contributed by atoms with Gasteiger partial charge in [-0.15, -0.1) is 12.4 Å². The molecule has 0 radical (unpaired) electrons. The number of carbonyl (C=O) groups excluding carboxylic acids is 2. The van der Waals surface area contributed by atoms with Crippen LogP contribution in [0.1, 0.15) is 42.6 Å². The maximum atomic E-state index is 12.4. The maximum Gasteiger partial charge on any atom is 0.248 e. The molecular weight excluding hydrogens is 290 g/mol. The van der Waals surface area contributed by atoms with E-state index < -0.39 is 11.3 Å². The second kappa shape index (κ2) is 8.00. The summed E-state index contributed by atoms with van der Waals surface area (Å²) in [5.74, 6) is -0.560. The highest BCUT2D eigenvalue weighted by Crippen LogP contribution is 2.27. The maximum absolute atomic E-state index is 12.4. The average Bonchev–Trinajstić information content (AvgIpc) is 2.41. The number of anilines is 1. The molecule has 21 heavy (non-hydrogen) atoms. The minimum atomic E-state index is -0.545. The van der Waals surface area contributed by atoms with E-state index >= 15 is 0 Å². The van der Waals surface area contributed by atoms with Crippen LogP contribution in [0.5, 0.6) is 0 Å². The van der Waals surface area contributed by atoms with Crippen molar-refractivity contribution in [3.8, 4) is 0 Å². The van der Waals surface area contributed by atoms with Crippen molar-refractivity contribution < 1.29 is 9.59 Å². The van der Waals surface area contributed by atoms with Crippen LogP contribution in [0.25, 0.3) is 0 Å². The van der Waals surface area contributed by atoms with Crippen LogP contribution in [0.3, 0.4) is 0 Å². The molecule has 1 rings (SSSR count). The minimum absolute atomic E-state index is 0. The molecule has 0 spiro atoms. The summed E-state index contributed by atoms with van der Waals surface area (Å²) in [4.78, 5) is 23.5. The molecule has 6 heteroatoms. The fraction of sp³-hybridized carbons (Fsp3) is 0.467. The number of carbonyl (C=O) groups is 2. The predicted molar refractivity (Wildman–Crippen MR) is 87.6 cm³/mol. The summed E-state index contributed by atoms with van der Waals surface area (Å²) in [7, 11) is 0. The van der Waals surface area contributed by atoms with E-state index in [0.29, 0.717) is 30.6 Å². The van der Waals surface area contributed by atoms with E-state index in [2.05, 4.69) is 5.32 Å². The molecular formula is C15H24ClN3O2. The van der Waals surface area contributed by atoms with Gasteiger partial charge in [0.15, 0.2) is 0 Å². The first kappa shape index (κ1) is 19.4. The molecule has 0 aromatic heterocycles. The van der Waals surface area contributed by atoms with E-state index in [-0.39, 0.29) is 18.3 Å². The smallest absolute Gasteiger partial charge is 0.248 e. The summed E-state index contributed by atoms with van der Waals surface area (Å²) in [5, 5.41) is 2.87. The number of primary amides is 1. The van der Waals surface area contributed by atoms with Crippen LogP contribution in [0.2, 0.25) is 0 Å². The average molecular weight is 314 g/mol. The number of nitrogens with two attached hydrogens (primary N) is 2. The normalized spacial score (nSPS) is 10.7. The second-order valence-corrected chi connectivity index (χ2v) is 5.04. The lowest BCUT2D eigenvalue weighted by atomic mass is 9.81. The van der Waals surface area contributed by atoms with Gasteiger partial charge in [0.1, 0.15) is 0 Å². The van der Waals surface area contributed by atoms with Gasteiger partial charge in [-0.3, -0.25) is 9.59 Å². The summed E-state index contributed by atoms with van der Waals surface area (Å²) < 4.78 is 0. The Morgan fingerprint density at radius 1 is 1.24 bits per heavy atom. The van der Waals surface area contributed by atoms with Gasteiger partial charge in [-0.25, -0.2) is 0 Å². The van der Waals surface area contributed by atoms with Gasteiger partial charge in [0.05, 0.1) is 5.41 Å². The Morgan fingerprint density at radius 2 is 1.81 bits per heavy atom. The quantitative estimate of drug-likeness (QED) is 0.751. The highest BCUT2D eigenvalue weighted by molar-refractivity contribution is 5.97. The van der Waals surface area contributed by atoms with E-state index in [0.717, 1.165) is 5.56 Å².